The number of hydrogen-bond donors (Lipinski definition) is 1. The van der Waals surface area contributed by atoms with Crippen LogP contribution in [0.2, 0.25) is 0 Å². The van der Waals surface area contributed by atoms with Crippen molar-refractivity contribution in [3.8, 4) is 0 Å². The monoisotopic (exact) mass is 254 g/mol. The van der Waals surface area contributed by atoms with Gasteiger partial charge in [-0.05, 0) is 13.8 Å². The number of imidazole rings is 1. The zero-order valence-corrected chi connectivity index (χ0v) is 11.3. The Balaban J connectivity index is 3.04. The largest absolute Gasteiger partial charge is 0.337 e. The molecule has 1 aromatic heterocycles. The number of aromatic nitrogens is 2. The fourth-order valence-corrected chi connectivity index (χ4v) is 1.44. The standard InChI is InChI=1S/C15H18N4/c1-5-9-17-13(7-3)15-18-11-14(19-15)12(6-2)10-16-8-4/h5-11H,1,4H2,2-3H3,(H,18,19)/b12-6+,13-7-,16-10?,17-9?. The number of rotatable bonds is 6. The van der Waals surface area contributed by atoms with E-state index in [-0.39, 0.29) is 0 Å². The third-order valence-electron chi connectivity index (χ3n) is 2.35. The summed E-state index contributed by atoms with van der Waals surface area (Å²) in [5.74, 6) is 0.710. The molecule has 0 spiro atoms. The smallest absolute Gasteiger partial charge is 0.156 e. The molecule has 0 saturated heterocycles. The number of allylic oxidation sites excluding steroid dienone is 4. The van der Waals surface area contributed by atoms with E-state index in [9.17, 15) is 0 Å². The lowest BCUT2D eigenvalue weighted by Gasteiger charge is -1.97. The highest BCUT2D eigenvalue weighted by molar-refractivity contribution is 6.09. The maximum atomic E-state index is 4.32. The quantitative estimate of drug-likeness (QED) is 0.774. The van der Waals surface area contributed by atoms with Crippen LogP contribution in [0.25, 0.3) is 11.3 Å². The van der Waals surface area contributed by atoms with E-state index in [4.69, 9.17) is 0 Å². The van der Waals surface area contributed by atoms with Gasteiger partial charge in [0.05, 0.1) is 11.9 Å². The van der Waals surface area contributed by atoms with Crippen LogP contribution in [0.4, 0.5) is 0 Å². The molecular weight excluding hydrogens is 236 g/mol. The van der Waals surface area contributed by atoms with Crippen molar-refractivity contribution in [2.75, 3.05) is 0 Å². The predicted molar refractivity (Wildman–Crippen MR) is 83.3 cm³/mol. The highest BCUT2D eigenvalue weighted by Crippen LogP contribution is 2.16. The molecule has 4 nitrogen and oxygen atoms in total. The van der Waals surface area contributed by atoms with Gasteiger partial charge >= 0.3 is 0 Å². The van der Waals surface area contributed by atoms with Gasteiger partial charge in [-0.1, -0.05) is 31.4 Å². The zero-order chi connectivity index (χ0) is 14.1. The molecule has 98 valence electrons. The van der Waals surface area contributed by atoms with Gasteiger partial charge in [0, 0.05) is 24.2 Å². The van der Waals surface area contributed by atoms with E-state index < -0.39 is 0 Å². The third kappa shape index (κ3) is 4.03. The average Bonchev–Trinajstić information content (AvgIpc) is 2.90. The topological polar surface area (TPSA) is 53.4 Å². The first-order valence-electron chi connectivity index (χ1n) is 5.94. The fraction of sp³-hybridized carbons (Fsp3) is 0.133. The van der Waals surface area contributed by atoms with Gasteiger partial charge in [0.1, 0.15) is 5.70 Å². The number of nitrogens with one attached hydrogen (secondary N) is 1. The third-order valence-corrected chi connectivity index (χ3v) is 2.35. The van der Waals surface area contributed by atoms with E-state index in [0.717, 1.165) is 17.0 Å². The van der Waals surface area contributed by atoms with Gasteiger partial charge in [-0.3, -0.25) is 9.98 Å². The number of aromatic amines is 1. The van der Waals surface area contributed by atoms with E-state index in [2.05, 4.69) is 33.1 Å². The van der Waals surface area contributed by atoms with Crippen LogP contribution in [-0.4, -0.2) is 22.4 Å². The Hall–Kier alpha value is -2.49. The second-order valence-corrected chi connectivity index (χ2v) is 3.54. The SMILES string of the molecule is C=CC=N/C(=C\C)c1ncc(/C(C=NC=C)=C/C)[nH]1. The van der Waals surface area contributed by atoms with Crippen LogP contribution >= 0.6 is 0 Å². The van der Waals surface area contributed by atoms with Crippen LogP contribution in [0, 0.1) is 0 Å². The van der Waals surface area contributed by atoms with Crippen molar-refractivity contribution in [1.29, 1.82) is 0 Å². The van der Waals surface area contributed by atoms with Gasteiger partial charge in [-0.2, -0.15) is 0 Å². The molecule has 0 fully saturated rings. The van der Waals surface area contributed by atoms with E-state index in [1.165, 1.54) is 6.20 Å². The summed E-state index contributed by atoms with van der Waals surface area (Å²) in [4.78, 5) is 15.8. The van der Waals surface area contributed by atoms with Crippen LogP contribution in [0.1, 0.15) is 25.4 Å². The molecule has 1 aromatic rings. The second kappa shape index (κ2) is 7.76. The van der Waals surface area contributed by atoms with Crippen molar-refractivity contribution in [2.24, 2.45) is 9.98 Å². The Morgan fingerprint density at radius 2 is 2.11 bits per heavy atom. The molecule has 0 aliphatic carbocycles. The Kier molecular flexibility index (Phi) is 5.95. The summed E-state index contributed by atoms with van der Waals surface area (Å²) in [6.45, 7) is 11.0. The number of aliphatic imine (C=N–C) groups is 2. The molecule has 0 saturated carbocycles. The lowest BCUT2D eigenvalue weighted by molar-refractivity contribution is 1.21. The lowest BCUT2D eigenvalue weighted by atomic mass is 10.2. The molecular formula is C15H18N4. The minimum atomic E-state index is 0.710. The molecule has 0 aliphatic heterocycles. The highest BCUT2D eigenvalue weighted by atomic mass is 15.0. The number of hydrogen-bond acceptors (Lipinski definition) is 3. The summed E-state index contributed by atoms with van der Waals surface area (Å²) in [5.41, 5.74) is 2.60. The molecule has 1 N–H and O–H groups in total. The van der Waals surface area contributed by atoms with Gasteiger partial charge < -0.3 is 4.98 Å². The molecule has 1 rings (SSSR count). The van der Waals surface area contributed by atoms with Gasteiger partial charge in [0.25, 0.3) is 0 Å². The molecule has 0 aliphatic rings. The van der Waals surface area contributed by atoms with Crippen LogP contribution in [0.15, 0.2) is 53.8 Å². The van der Waals surface area contributed by atoms with E-state index >= 15 is 0 Å². The van der Waals surface area contributed by atoms with Crippen molar-refractivity contribution in [3.63, 3.8) is 0 Å². The summed E-state index contributed by atoms with van der Waals surface area (Å²) in [6.07, 6.45) is 12.1. The summed E-state index contributed by atoms with van der Waals surface area (Å²) in [5, 5.41) is 0. The summed E-state index contributed by atoms with van der Waals surface area (Å²) < 4.78 is 0. The van der Waals surface area contributed by atoms with Crippen molar-refractivity contribution in [1.82, 2.24) is 9.97 Å². The van der Waals surface area contributed by atoms with E-state index in [1.807, 2.05) is 26.0 Å². The van der Waals surface area contributed by atoms with Crippen molar-refractivity contribution in [2.45, 2.75) is 13.8 Å². The molecule has 4 heteroatoms. The van der Waals surface area contributed by atoms with Gasteiger partial charge in [0.15, 0.2) is 5.82 Å². The molecule has 0 amide bonds. The van der Waals surface area contributed by atoms with Crippen LogP contribution in [-0.2, 0) is 0 Å². The number of H-pyrrole nitrogens is 1. The number of nitrogens with zero attached hydrogens (tertiary/aromatic N) is 3. The summed E-state index contributed by atoms with van der Waals surface area (Å²) >= 11 is 0. The molecule has 0 bridgehead atoms. The van der Waals surface area contributed by atoms with E-state index in [1.54, 1.807) is 24.7 Å². The normalized spacial score (nSPS) is 13.4. The Labute approximate surface area is 113 Å². The Morgan fingerprint density at radius 3 is 2.68 bits per heavy atom. The predicted octanol–water partition coefficient (Wildman–Crippen LogP) is 3.64. The first kappa shape index (κ1) is 14.6. The second-order valence-electron chi connectivity index (χ2n) is 3.54. The van der Waals surface area contributed by atoms with Crippen molar-refractivity contribution < 1.29 is 0 Å². The minimum absolute atomic E-state index is 0.710. The molecule has 0 radical (unpaired) electrons. The van der Waals surface area contributed by atoms with Crippen LogP contribution in [0.3, 0.4) is 0 Å². The molecule has 0 unspecified atom stereocenters. The molecule has 19 heavy (non-hydrogen) atoms. The molecule has 1 heterocycles. The van der Waals surface area contributed by atoms with Crippen molar-refractivity contribution in [3.05, 3.63) is 55.3 Å². The highest BCUT2D eigenvalue weighted by Gasteiger charge is 2.06. The Morgan fingerprint density at radius 1 is 1.32 bits per heavy atom. The van der Waals surface area contributed by atoms with E-state index in [0.29, 0.717) is 5.82 Å². The van der Waals surface area contributed by atoms with Crippen molar-refractivity contribution >= 4 is 23.7 Å². The van der Waals surface area contributed by atoms with Gasteiger partial charge in [-0.15, -0.1) is 0 Å². The molecule has 0 atom stereocenters. The maximum Gasteiger partial charge on any atom is 0.156 e. The van der Waals surface area contributed by atoms with Crippen LogP contribution < -0.4 is 0 Å². The summed E-state index contributed by atoms with van der Waals surface area (Å²) in [6, 6.07) is 0. The minimum Gasteiger partial charge on any atom is -0.337 e. The van der Waals surface area contributed by atoms with Gasteiger partial charge in [0.2, 0.25) is 0 Å². The first-order valence-corrected chi connectivity index (χ1v) is 5.94. The summed E-state index contributed by atoms with van der Waals surface area (Å²) in [7, 11) is 0. The average molecular weight is 254 g/mol. The first-order chi connectivity index (χ1) is 9.26. The zero-order valence-electron chi connectivity index (χ0n) is 11.3. The van der Waals surface area contributed by atoms with Crippen LogP contribution in [0.5, 0.6) is 0 Å². The van der Waals surface area contributed by atoms with Gasteiger partial charge in [-0.25, -0.2) is 4.98 Å². The fourth-order valence-electron chi connectivity index (χ4n) is 1.44. The lowest BCUT2D eigenvalue weighted by Crippen LogP contribution is -1.88. The molecule has 0 aromatic carbocycles. The Bertz CT molecular complexity index is 508. The maximum absolute atomic E-state index is 4.32.